The Morgan fingerprint density at radius 2 is 1.29 bits per heavy atom. The summed E-state index contributed by atoms with van der Waals surface area (Å²) in [6.07, 6.45) is -2.24. The molecule has 0 aliphatic carbocycles. The Labute approximate surface area is 125 Å². The lowest BCUT2D eigenvalue weighted by Gasteiger charge is -2.31. The molecule has 0 saturated carbocycles. The van der Waals surface area contributed by atoms with Crippen LogP contribution in [0.4, 0.5) is 9.59 Å². The van der Waals surface area contributed by atoms with Crippen molar-refractivity contribution in [3.05, 3.63) is 0 Å². The van der Waals surface area contributed by atoms with Crippen LogP contribution in [0.15, 0.2) is 0 Å². The molecular formula is C14H25NO6. The molecule has 122 valence electrons. The fourth-order valence-electron chi connectivity index (χ4n) is 1.40. The van der Waals surface area contributed by atoms with Gasteiger partial charge in [0.2, 0.25) is 0 Å². The van der Waals surface area contributed by atoms with Gasteiger partial charge in [-0.1, -0.05) is 0 Å². The Morgan fingerprint density at radius 3 is 1.52 bits per heavy atom. The molecule has 0 fully saturated rings. The van der Waals surface area contributed by atoms with Crippen molar-refractivity contribution in [3.63, 3.8) is 0 Å². The van der Waals surface area contributed by atoms with Crippen LogP contribution in [0.5, 0.6) is 0 Å². The predicted octanol–water partition coefficient (Wildman–Crippen LogP) is 3.02. The highest BCUT2D eigenvalue weighted by atomic mass is 16.6. The van der Waals surface area contributed by atoms with Crippen molar-refractivity contribution in [2.24, 2.45) is 0 Å². The number of carbonyl (C=O) groups excluding carboxylic acids is 2. The molecule has 0 radical (unpaired) electrons. The number of aliphatic carboxylic acids is 1. The standard InChI is InChI=1S/C14H25NO6/c1-9(8-10(16)17)15(11(18)20-13(2,3)4)12(19)21-14(5,6)7/h9H,8H2,1-7H3,(H,16,17)/t9-/m1/s1. The van der Waals surface area contributed by atoms with Gasteiger partial charge in [0.1, 0.15) is 11.2 Å². The molecule has 7 nitrogen and oxygen atoms in total. The summed E-state index contributed by atoms with van der Waals surface area (Å²) in [5.74, 6) is -1.13. The van der Waals surface area contributed by atoms with E-state index in [-0.39, 0.29) is 0 Å². The van der Waals surface area contributed by atoms with E-state index in [0.29, 0.717) is 4.90 Å². The Morgan fingerprint density at radius 1 is 0.952 bits per heavy atom. The largest absolute Gasteiger partial charge is 0.481 e. The fraction of sp³-hybridized carbons (Fsp3) is 0.786. The molecule has 21 heavy (non-hydrogen) atoms. The number of amides is 2. The maximum atomic E-state index is 12.1. The third-order valence-corrected chi connectivity index (χ3v) is 2.09. The van der Waals surface area contributed by atoms with E-state index in [1.165, 1.54) is 6.92 Å². The second-order valence-electron chi connectivity index (χ2n) is 6.78. The first kappa shape index (κ1) is 19.2. The van der Waals surface area contributed by atoms with E-state index in [4.69, 9.17) is 14.6 Å². The van der Waals surface area contributed by atoms with E-state index in [9.17, 15) is 14.4 Å². The third kappa shape index (κ3) is 8.16. The second kappa shape index (κ2) is 6.78. The zero-order chi connectivity index (χ0) is 17.0. The number of nitrogens with zero attached hydrogens (tertiary/aromatic N) is 1. The van der Waals surface area contributed by atoms with Crippen LogP contribution in [-0.4, -0.2) is 45.4 Å². The number of carboxylic acids is 1. The van der Waals surface area contributed by atoms with Crippen LogP contribution in [0.25, 0.3) is 0 Å². The summed E-state index contributed by atoms with van der Waals surface area (Å²) < 4.78 is 10.3. The molecule has 0 aromatic rings. The summed E-state index contributed by atoms with van der Waals surface area (Å²) in [6, 6.07) is -0.882. The normalized spacial score (nSPS) is 13.3. The first-order valence-electron chi connectivity index (χ1n) is 6.70. The average Bonchev–Trinajstić information content (AvgIpc) is 2.08. The molecule has 2 amide bonds. The van der Waals surface area contributed by atoms with E-state index >= 15 is 0 Å². The monoisotopic (exact) mass is 303 g/mol. The molecule has 0 aliphatic rings. The van der Waals surface area contributed by atoms with Gasteiger partial charge >= 0.3 is 18.2 Å². The van der Waals surface area contributed by atoms with Gasteiger partial charge in [-0.3, -0.25) is 4.79 Å². The zero-order valence-electron chi connectivity index (χ0n) is 13.7. The molecule has 0 aromatic carbocycles. The van der Waals surface area contributed by atoms with Crippen molar-refractivity contribution in [2.75, 3.05) is 0 Å². The van der Waals surface area contributed by atoms with Crippen LogP contribution in [0.1, 0.15) is 54.9 Å². The summed E-state index contributed by atoms with van der Waals surface area (Å²) >= 11 is 0. The van der Waals surface area contributed by atoms with Crippen LogP contribution < -0.4 is 0 Å². The van der Waals surface area contributed by atoms with Crippen molar-refractivity contribution >= 4 is 18.2 Å². The van der Waals surface area contributed by atoms with Crippen molar-refractivity contribution in [1.29, 1.82) is 0 Å². The molecular weight excluding hydrogens is 278 g/mol. The molecule has 0 bridgehead atoms. The van der Waals surface area contributed by atoms with Gasteiger partial charge in [0.05, 0.1) is 12.5 Å². The predicted molar refractivity (Wildman–Crippen MR) is 76.0 cm³/mol. The van der Waals surface area contributed by atoms with Crippen LogP contribution in [0.2, 0.25) is 0 Å². The topological polar surface area (TPSA) is 93.1 Å². The number of imide groups is 1. The van der Waals surface area contributed by atoms with Crippen molar-refractivity contribution in [3.8, 4) is 0 Å². The van der Waals surface area contributed by atoms with Crippen LogP contribution in [0.3, 0.4) is 0 Å². The molecule has 7 heteroatoms. The van der Waals surface area contributed by atoms with Gasteiger partial charge in [-0.15, -0.1) is 0 Å². The molecule has 1 atom stereocenters. The number of rotatable bonds is 3. The number of ether oxygens (including phenoxy) is 2. The van der Waals surface area contributed by atoms with E-state index in [1.807, 2.05) is 0 Å². The van der Waals surface area contributed by atoms with Gasteiger partial charge < -0.3 is 14.6 Å². The summed E-state index contributed by atoms with van der Waals surface area (Å²) in [6.45, 7) is 11.4. The lowest BCUT2D eigenvalue weighted by molar-refractivity contribution is -0.138. The lowest BCUT2D eigenvalue weighted by atomic mass is 10.2. The minimum absolute atomic E-state index is 0.390. The highest BCUT2D eigenvalue weighted by Crippen LogP contribution is 2.17. The fourth-order valence-corrected chi connectivity index (χ4v) is 1.40. The SMILES string of the molecule is C[C@H](CC(=O)O)N(C(=O)OC(C)(C)C)C(=O)OC(C)(C)C. The van der Waals surface area contributed by atoms with Crippen molar-refractivity contribution in [2.45, 2.75) is 72.1 Å². The summed E-state index contributed by atoms with van der Waals surface area (Å²) in [5.41, 5.74) is -1.61. The zero-order valence-corrected chi connectivity index (χ0v) is 13.7. The maximum absolute atomic E-state index is 12.1. The van der Waals surface area contributed by atoms with Gasteiger partial charge in [-0.05, 0) is 48.5 Å². The quantitative estimate of drug-likeness (QED) is 0.861. The minimum atomic E-state index is -1.13. The highest BCUT2D eigenvalue weighted by Gasteiger charge is 2.35. The summed E-state index contributed by atoms with van der Waals surface area (Å²) in [7, 11) is 0. The first-order valence-corrected chi connectivity index (χ1v) is 6.70. The summed E-state index contributed by atoms with van der Waals surface area (Å²) in [5, 5.41) is 8.83. The minimum Gasteiger partial charge on any atom is -0.481 e. The van der Waals surface area contributed by atoms with E-state index in [1.54, 1.807) is 41.5 Å². The summed E-state index contributed by atoms with van der Waals surface area (Å²) in [4.78, 5) is 35.7. The maximum Gasteiger partial charge on any atom is 0.420 e. The number of hydrogen-bond acceptors (Lipinski definition) is 5. The smallest absolute Gasteiger partial charge is 0.420 e. The third-order valence-electron chi connectivity index (χ3n) is 2.09. The Balaban J connectivity index is 5.22. The molecule has 0 aliphatic heterocycles. The molecule has 0 heterocycles. The Hall–Kier alpha value is -1.79. The molecule has 1 N–H and O–H groups in total. The van der Waals surface area contributed by atoms with Crippen LogP contribution >= 0.6 is 0 Å². The number of hydrogen-bond donors (Lipinski definition) is 1. The lowest BCUT2D eigenvalue weighted by Crippen LogP contribution is -2.48. The molecule has 0 spiro atoms. The Bertz CT molecular complexity index is 377. The van der Waals surface area contributed by atoms with Gasteiger partial charge in [0.15, 0.2) is 0 Å². The van der Waals surface area contributed by atoms with Crippen LogP contribution in [0, 0.1) is 0 Å². The average molecular weight is 303 g/mol. The van der Waals surface area contributed by atoms with E-state index in [0.717, 1.165) is 0 Å². The van der Waals surface area contributed by atoms with Gasteiger partial charge in [0.25, 0.3) is 0 Å². The number of carboxylic acid groups (broad SMARTS) is 1. The Kier molecular flexibility index (Phi) is 6.20. The van der Waals surface area contributed by atoms with Crippen molar-refractivity contribution < 1.29 is 29.0 Å². The number of carbonyl (C=O) groups is 3. The van der Waals surface area contributed by atoms with Gasteiger partial charge in [0, 0.05) is 0 Å². The highest BCUT2D eigenvalue weighted by molar-refractivity contribution is 5.89. The second-order valence-corrected chi connectivity index (χ2v) is 6.78. The van der Waals surface area contributed by atoms with Gasteiger partial charge in [-0.25, -0.2) is 14.5 Å². The van der Waals surface area contributed by atoms with E-state index < -0.39 is 41.8 Å². The van der Waals surface area contributed by atoms with Crippen LogP contribution in [-0.2, 0) is 14.3 Å². The van der Waals surface area contributed by atoms with E-state index in [2.05, 4.69) is 0 Å². The molecule has 0 saturated heterocycles. The molecule has 0 rings (SSSR count). The van der Waals surface area contributed by atoms with Crippen molar-refractivity contribution in [1.82, 2.24) is 4.90 Å². The molecule has 0 unspecified atom stereocenters. The molecule has 0 aromatic heterocycles. The van der Waals surface area contributed by atoms with Gasteiger partial charge in [-0.2, -0.15) is 0 Å². The first-order chi connectivity index (χ1) is 9.23.